The zero-order valence-corrected chi connectivity index (χ0v) is 10.9. The van der Waals surface area contributed by atoms with E-state index in [2.05, 4.69) is 17.1 Å². The van der Waals surface area contributed by atoms with Gasteiger partial charge in [0.2, 0.25) is 0 Å². The zero-order chi connectivity index (χ0) is 12.5. The summed E-state index contributed by atoms with van der Waals surface area (Å²) in [6.45, 7) is 2.49. The molecule has 3 rings (SSSR count). The molecule has 0 aliphatic heterocycles. The minimum Gasteiger partial charge on any atom is -0.325 e. The fourth-order valence-electron chi connectivity index (χ4n) is 2.95. The summed E-state index contributed by atoms with van der Waals surface area (Å²) in [5.74, 6) is 0.622. The van der Waals surface area contributed by atoms with E-state index in [0.717, 1.165) is 17.0 Å². The van der Waals surface area contributed by atoms with Gasteiger partial charge < -0.3 is 5.73 Å². The Bertz CT molecular complexity index is 552. The van der Waals surface area contributed by atoms with Crippen molar-refractivity contribution in [3.63, 3.8) is 0 Å². The molecule has 1 fully saturated rings. The Morgan fingerprint density at radius 2 is 2.06 bits per heavy atom. The lowest BCUT2D eigenvalue weighted by molar-refractivity contribution is 0.432. The fourth-order valence-corrected chi connectivity index (χ4v) is 2.95. The molecule has 2 aromatic heterocycles. The van der Waals surface area contributed by atoms with Crippen LogP contribution >= 0.6 is 0 Å². The molecule has 0 unspecified atom stereocenters. The van der Waals surface area contributed by atoms with Gasteiger partial charge in [-0.05, 0) is 31.9 Å². The van der Waals surface area contributed by atoms with Gasteiger partial charge in [-0.15, -0.1) is 0 Å². The molecule has 0 radical (unpaired) electrons. The van der Waals surface area contributed by atoms with Crippen LogP contribution in [-0.2, 0) is 6.54 Å². The maximum absolute atomic E-state index is 5.79. The molecule has 96 valence electrons. The van der Waals surface area contributed by atoms with Crippen LogP contribution in [0.2, 0.25) is 0 Å². The van der Waals surface area contributed by atoms with Gasteiger partial charge in [0.15, 0.2) is 5.65 Å². The van der Waals surface area contributed by atoms with Crippen molar-refractivity contribution in [2.24, 2.45) is 5.73 Å². The molecule has 0 spiro atoms. The topological polar surface area (TPSA) is 56.2 Å². The molecule has 4 heteroatoms. The van der Waals surface area contributed by atoms with E-state index < -0.39 is 0 Å². The zero-order valence-electron chi connectivity index (χ0n) is 10.9. The van der Waals surface area contributed by atoms with Crippen molar-refractivity contribution in [3.05, 3.63) is 29.2 Å². The minimum atomic E-state index is 0.494. The van der Waals surface area contributed by atoms with Crippen LogP contribution in [0.25, 0.3) is 5.65 Å². The van der Waals surface area contributed by atoms with E-state index in [0.29, 0.717) is 12.5 Å². The fraction of sp³-hybridized carbons (Fsp3) is 0.571. The number of imidazole rings is 1. The van der Waals surface area contributed by atoms with Gasteiger partial charge in [0.05, 0.1) is 17.1 Å². The summed E-state index contributed by atoms with van der Waals surface area (Å²) in [4.78, 5) is 4.49. The first-order valence-electron chi connectivity index (χ1n) is 6.85. The van der Waals surface area contributed by atoms with Crippen molar-refractivity contribution in [1.82, 2.24) is 14.6 Å². The summed E-state index contributed by atoms with van der Waals surface area (Å²) in [5, 5.41) is 4.76. The molecule has 1 saturated carbocycles. The second-order valence-corrected chi connectivity index (χ2v) is 5.21. The van der Waals surface area contributed by atoms with Crippen molar-refractivity contribution in [3.8, 4) is 0 Å². The summed E-state index contributed by atoms with van der Waals surface area (Å²) in [6, 6.07) is 4.21. The monoisotopic (exact) mass is 244 g/mol. The number of nitrogens with two attached hydrogens (primary N) is 1. The number of hydrogen-bond acceptors (Lipinski definition) is 3. The SMILES string of the molecule is Cc1nc2ccc(C3CCCCC3)nn2c1CN. The van der Waals surface area contributed by atoms with Crippen LogP contribution in [0, 0.1) is 6.92 Å². The molecule has 2 N–H and O–H groups in total. The van der Waals surface area contributed by atoms with Crippen LogP contribution in [-0.4, -0.2) is 14.6 Å². The molecule has 4 nitrogen and oxygen atoms in total. The van der Waals surface area contributed by atoms with Gasteiger partial charge in [0, 0.05) is 12.5 Å². The maximum Gasteiger partial charge on any atom is 0.154 e. The quantitative estimate of drug-likeness (QED) is 0.883. The number of fused-ring (bicyclic) bond motifs is 1. The van der Waals surface area contributed by atoms with Crippen LogP contribution in [0.3, 0.4) is 0 Å². The molecule has 0 atom stereocenters. The number of nitrogens with zero attached hydrogens (tertiary/aromatic N) is 3. The molecule has 1 aliphatic carbocycles. The lowest BCUT2D eigenvalue weighted by Gasteiger charge is -2.20. The summed E-state index contributed by atoms with van der Waals surface area (Å²) >= 11 is 0. The second kappa shape index (κ2) is 4.69. The largest absolute Gasteiger partial charge is 0.325 e. The standard InChI is InChI=1S/C14H20N4/c1-10-13(9-15)18-14(16-10)8-7-12(17-18)11-5-3-2-4-6-11/h7-8,11H,2-6,9,15H2,1H3. The molecular weight excluding hydrogens is 224 g/mol. The van der Waals surface area contributed by atoms with Crippen LogP contribution in [0.15, 0.2) is 12.1 Å². The van der Waals surface area contributed by atoms with Gasteiger partial charge >= 0.3 is 0 Å². The molecule has 18 heavy (non-hydrogen) atoms. The molecule has 0 saturated heterocycles. The predicted molar refractivity (Wildman–Crippen MR) is 71.4 cm³/mol. The third-order valence-corrected chi connectivity index (χ3v) is 4.01. The van der Waals surface area contributed by atoms with E-state index in [1.165, 1.54) is 37.8 Å². The Hall–Kier alpha value is -1.42. The second-order valence-electron chi connectivity index (χ2n) is 5.21. The van der Waals surface area contributed by atoms with E-state index in [4.69, 9.17) is 10.8 Å². The summed E-state index contributed by atoms with van der Waals surface area (Å²) in [7, 11) is 0. The average molecular weight is 244 g/mol. The smallest absolute Gasteiger partial charge is 0.154 e. The summed E-state index contributed by atoms with van der Waals surface area (Å²) < 4.78 is 1.93. The third kappa shape index (κ3) is 1.90. The highest BCUT2D eigenvalue weighted by Gasteiger charge is 2.18. The molecule has 1 aliphatic rings. The molecular formula is C14H20N4. The van der Waals surface area contributed by atoms with Gasteiger partial charge in [-0.2, -0.15) is 5.10 Å². The highest BCUT2D eigenvalue weighted by atomic mass is 15.3. The van der Waals surface area contributed by atoms with Gasteiger partial charge in [-0.3, -0.25) is 0 Å². The molecule has 0 amide bonds. The normalized spacial score (nSPS) is 17.4. The van der Waals surface area contributed by atoms with Crippen molar-refractivity contribution in [1.29, 1.82) is 0 Å². The van der Waals surface area contributed by atoms with E-state index in [9.17, 15) is 0 Å². The van der Waals surface area contributed by atoms with Crippen molar-refractivity contribution in [2.45, 2.75) is 51.5 Å². The van der Waals surface area contributed by atoms with E-state index in [-0.39, 0.29) is 0 Å². The molecule has 2 heterocycles. The number of rotatable bonds is 2. The van der Waals surface area contributed by atoms with E-state index in [1.807, 2.05) is 11.4 Å². The molecule has 0 aromatic carbocycles. The highest BCUT2D eigenvalue weighted by Crippen LogP contribution is 2.31. The van der Waals surface area contributed by atoms with Crippen molar-refractivity contribution < 1.29 is 0 Å². The minimum absolute atomic E-state index is 0.494. The summed E-state index contributed by atoms with van der Waals surface area (Å²) in [6.07, 6.45) is 6.57. The first-order chi connectivity index (χ1) is 8.79. The van der Waals surface area contributed by atoms with Crippen LogP contribution < -0.4 is 5.73 Å². The molecule has 0 bridgehead atoms. The van der Waals surface area contributed by atoms with Crippen LogP contribution in [0.1, 0.15) is 55.1 Å². The maximum atomic E-state index is 5.79. The Morgan fingerprint density at radius 1 is 1.28 bits per heavy atom. The number of aryl methyl sites for hydroxylation is 1. The summed E-state index contributed by atoms with van der Waals surface area (Å²) in [5.41, 5.74) is 9.92. The third-order valence-electron chi connectivity index (χ3n) is 4.01. The lowest BCUT2D eigenvalue weighted by atomic mass is 9.87. The predicted octanol–water partition coefficient (Wildman–Crippen LogP) is 2.54. The lowest BCUT2D eigenvalue weighted by Crippen LogP contribution is -2.11. The Morgan fingerprint density at radius 3 is 2.78 bits per heavy atom. The highest BCUT2D eigenvalue weighted by molar-refractivity contribution is 5.42. The Labute approximate surface area is 107 Å². The number of aromatic nitrogens is 3. The first-order valence-corrected chi connectivity index (χ1v) is 6.85. The van der Waals surface area contributed by atoms with E-state index in [1.54, 1.807) is 0 Å². The number of hydrogen-bond donors (Lipinski definition) is 1. The Balaban J connectivity index is 2.03. The molecule has 2 aromatic rings. The van der Waals surface area contributed by atoms with E-state index >= 15 is 0 Å². The van der Waals surface area contributed by atoms with Gasteiger partial charge in [-0.1, -0.05) is 19.3 Å². The Kier molecular flexibility index (Phi) is 3.04. The van der Waals surface area contributed by atoms with Gasteiger partial charge in [0.1, 0.15) is 0 Å². The van der Waals surface area contributed by atoms with Crippen molar-refractivity contribution in [2.75, 3.05) is 0 Å². The van der Waals surface area contributed by atoms with Gasteiger partial charge in [-0.25, -0.2) is 9.50 Å². The van der Waals surface area contributed by atoms with Crippen molar-refractivity contribution >= 4 is 5.65 Å². The first kappa shape index (κ1) is 11.7. The van der Waals surface area contributed by atoms with Crippen LogP contribution in [0.5, 0.6) is 0 Å². The van der Waals surface area contributed by atoms with Crippen LogP contribution in [0.4, 0.5) is 0 Å². The average Bonchev–Trinajstić information content (AvgIpc) is 2.74. The van der Waals surface area contributed by atoms with Gasteiger partial charge in [0.25, 0.3) is 0 Å².